The van der Waals surface area contributed by atoms with E-state index in [4.69, 9.17) is 0 Å². The molecule has 30 heavy (non-hydrogen) atoms. The first-order valence-corrected chi connectivity index (χ1v) is 10.5. The van der Waals surface area contributed by atoms with Gasteiger partial charge in [0.25, 0.3) is 0 Å². The van der Waals surface area contributed by atoms with E-state index in [2.05, 4.69) is 24.1 Å². The molecular weight excluding hydrogens is 372 g/mol. The van der Waals surface area contributed by atoms with Gasteiger partial charge in [0.15, 0.2) is 0 Å². The molecule has 0 saturated heterocycles. The summed E-state index contributed by atoms with van der Waals surface area (Å²) in [5.74, 6) is -0.258. The molecule has 2 aromatic rings. The Labute approximate surface area is 180 Å². The van der Waals surface area contributed by atoms with Gasteiger partial charge in [0.05, 0.1) is 5.41 Å². The largest absolute Gasteiger partial charge is 0.326 e. The molecule has 2 N–H and O–H groups in total. The molecule has 0 aliphatic heterocycles. The van der Waals surface area contributed by atoms with Gasteiger partial charge < -0.3 is 10.6 Å². The van der Waals surface area contributed by atoms with E-state index in [1.807, 2.05) is 82.3 Å². The van der Waals surface area contributed by atoms with E-state index in [-0.39, 0.29) is 17.7 Å². The van der Waals surface area contributed by atoms with Crippen molar-refractivity contribution in [3.05, 3.63) is 72.8 Å². The summed E-state index contributed by atoms with van der Waals surface area (Å²) in [5, 5.41) is 5.98. The van der Waals surface area contributed by atoms with Crippen molar-refractivity contribution in [2.45, 2.75) is 53.4 Å². The minimum atomic E-state index is -0.703. The van der Waals surface area contributed by atoms with Gasteiger partial charge in [0, 0.05) is 22.7 Å². The Morgan fingerprint density at radius 2 is 1.50 bits per heavy atom. The third-order valence-corrected chi connectivity index (χ3v) is 5.63. The normalized spacial score (nSPS) is 12.7. The van der Waals surface area contributed by atoms with Gasteiger partial charge >= 0.3 is 0 Å². The highest BCUT2D eigenvalue weighted by molar-refractivity contribution is 5.98. The fourth-order valence-electron chi connectivity index (χ4n) is 3.65. The molecule has 160 valence electrons. The lowest BCUT2D eigenvalue weighted by atomic mass is 9.74. The number of carbonyl (C=O) groups is 2. The van der Waals surface area contributed by atoms with Crippen LogP contribution in [0.15, 0.2) is 67.3 Å². The zero-order valence-electron chi connectivity index (χ0n) is 18.8. The van der Waals surface area contributed by atoms with Gasteiger partial charge in [-0.25, -0.2) is 0 Å². The van der Waals surface area contributed by atoms with Crippen molar-refractivity contribution in [1.29, 1.82) is 0 Å². The molecular formula is C26H34N2O2. The molecule has 4 heteroatoms. The maximum Gasteiger partial charge on any atom is 0.230 e. The van der Waals surface area contributed by atoms with Gasteiger partial charge in [0.2, 0.25) is 11.8 Å². The summed E-state index contributed by atoms with van der Waals surface area (Å²) in [6, 6.07) is 17.2. The van der Waals surface area contributed by atoms with Gasteiger partial charge in [-0.2, -0.15) is 0 Å². The molecule has 2 aromatic carbocycles. The molecule has 0 heterocycles. The smallest absolute Gasteiger partial charge is 0.230 e. The minimum absolute atomic E-state index is 0.0241. The van der Waals surface area contributed by atoms with Crippen LogP contribution in [-0.2, 0) is 9.59 Å². The van der Waals surface area contributed by atoms with E-state index in [1.54, 1.807) is 6.07 Å². The number of hydrogen-bond donors (Lipinski definition) is 2. The molecule has 0 bridgehead atoms. The second-order valence-corrected chi connectivity index (χ2v) is 8.97. The SMILES string of the molecule is C=CC(c1ccccc1)C(C)(C)C(=O)Nc1cccc(NC(=O)C(C)(C)CCC)c1. The second-order valence-electron chi connectivity index (χ2n) is 8.97. The summed E-state index contributed by atoms with van der Waals surface area (Å²) in [5.41, 5.74) is 1.22. The fraction of sp³-hybridized carbons (Fsp3) is 0.385. The summed E-state index contributed by atoms with van der Waals surface area (Å²) in [6.45, 7) is 13.7. The summed E-state index contributed by atoms with van der Waals surface area (Å²) in [7, 11) is 0. The standard InChI is InChI=1S/C26H34N2O2/c1-7-17-25(3,4)23(29)27-20-15-12-16-21(18-20)28-24(30)26(5,6)22(8-2)19-13-10-9-11-14-19/h8-16,18,22H,2,7,17H2,1,3-6H3,(H,27,29)(H,28,30). The number of hydrogen-bond acceptors (Lipinski definition) is 2. The predicted molar refractivity (Wildman–Crippen MR) is 126 cm³/mol. The lowest BCUT2D eigenvalue weighted by Gasteiger charge is -2.31. The Bertz CT molecular complexity index is 885. The van der Waals surface area contributed by atoms with Crippen molar-refractivity contribution in [1.82, 2.24) is 0 Å². The molecule has 0 spiro atoms. The summed E-state index contributed by atoms with van der Waals surface area (Å²) in [4.78, 5) is 25.7. The van der Waals surface area contributed by atoms with Crippen molar-refractivity contribution < 1.29 is 9.59 Å². The van der Waals surface area contributed by atoms with Crippen LogP contribution in [0.1, 0.15) is 58.9 Å². The van der Waals surface area contributed by atoms with Crippen LogP contribution in [-0.4, -0.2) is 11.8 Å². The number of benzene rings is 2. The van der Waals surface area contributed by atoms with E-state index in [0.717, 1.165) is 18.4 Å². The van der Waals surface area contributed by atoms with E-state index in [1.165, 1.54) is 0 Å². The van der Waals surface area contributed by atoms with Gasteiger partial charge in [-0.3, -0.25) is 9.59 Å². The molecule has 0 fully saturated rings. The topological polar surface area (TPSA) is 58.2 Å². The van der Waals surface area contributed by atoms with Gasteiger partial charge in [-0.1, -0.05) is 83.5 Å². The fourth-order valence-corrected chi connectivity index (χ4v) is 3.65. The van der Waals surface area contributed by atoms with Crippen molar-refractivity contribution >= 4 is 23.2 Å². The maximum absolute atomic E-state index is 13.1. The Morgan fingerprint density at radius 1 is 0.933 bits per heavy atom. The van der Waals surface area contributed by atoms with E-state index < -0.39 is 10.8 Å². The van der Waals surface area contributed by atoms with Crippen LogP contribution >= 0.6 is 0 Å². The second kappa shape index (κ2) is 9.75. The van der Waals surface area contributed by atoms with Crippen LogP contribution in [0.4, 0.5) is 11.4 Å². The highest BCUT2D eigenvalue weighted by Crippen LogP contribution is 2.37. The van der Waals surface area contributed by atoms with Gasteiger partial charge in [0.1, 0.15) is 0 Å². The Kier molecular flexibility index (Phi) is 7.60. The van der Waals surface area contributed by atoms with Crippen molar-refractivity contribution in [3.8, 4) is 0 Å². The monoisotopic (exact) mass is 406 g/mol. The number of amides is 2. The number of carbonyl (C=O) groups excluding carboxylic acids is 2. The first-order valence-electron chi connectivity index (χ1n) is 10.5. The molecule has 4 nitrogen and oxygen atoms in total. The number of rotatable bonds is 9. The van der Waals surface area contributed by atoms with Crippen LogP contribution in [0.25, 0.3) is 0 Å². The average molecular weight is 407 g/mol. The molecule has 0 aromatic heterocycles. The zero-order chi connectivity index (χ0) is 22.4. The summed E-state index contributed by atoms with van der Waals surface area (Å²) in [6.07, 6.45) is 3.57. The molecule has 0 saturated carbocycles. The predicted octanol–water partition coefficient (Wildman–Crippen LogP) is 6.39. The van der Waals surface area contributed by atoms with Crippen LogP contribution in [0.2, 0.25) is 0 Å². The first-order chi connectivity index (χ1) is 14.1. The molecule has 1 atom stereocenters. The Hall–Kier alpha value is -2.88. The van der Waals surface area contributed by atoms with E-state index in [0.29, 0.717) is 11.4 Å². The van der Waals surface area contributed by atoms with Crippen LogP contribution in [0.3, 0.4) is 0 Å². The number of nitrogens with one attached hydrogen (secondary N) is 2. The lowest BCUT2D eigenvalue weighted by molar-refractivity contribution is -0.125. The number of anilines is 2. The van der Waals surface area contributed by atoms with Gasteiger partial charge in [-0.15, -0.1) is 6.58 Å². The van der Waals surface area contributed by atoms with Crippen LogP contribution in [0.5, 0.6) is 0 Å². The third kappa shape index (κ3) is 5.59. The quantitative estimate of drug-likeness (QED) is 0.474. The van der Waals surface area contributed by atoms with E-state index in [9.17, 15) is 9.59 Å². The molecule has 0 aliphatic rings. The molecule has 0 radical (unpaired) electrons. The van der Waals surface area contributed by atoms with Crippen molar-refractivity contribution in [2.24, 2.45) is 10.8 Å². The minimum Gasteiger partial charge on any atom is -0.326 e. The third-order valence-electron chi connectivity index (χ3n) is 5.63. The Morgan fingerprint density at radius 3 is 2.03 bits per heavy atom. The van der Waals surface area contributed by atoms with Crippen LogP contribution < -0.4 is 10.6 Å². The lowest BCUT2D eigenvalue weighted by Crippen LogP contribution is -2.35. The molecule has 2 rings (SSSR count). The van der Waals surface area contributed by atoms with Crippen LogP contribution in [0, 0.1) is 10.8 Å². The Balaban J connectivity index is 2.16. The van der Waals surface area contributed by atoms with E-state index >= 15 is 0 Å². The van der Waals surface area contributed by atoms with Gasteiger partial charge in [-0.05, 0) is 30.2 Å². The number of allylic oxidation sites excluding steroid dienone is 1. The summed E-state index contributed by atoms with van der Waals surface area (Å²) >= 11 is 0. The average Bonchev–Trinajstić information content (AvgIpc) is 2.69. The highest BCUT2D eigenvalue weighted by atomic mass is 16.2. The highest BCUT2D eigenvalue weighted by Gasteiger charge is 2.36. The van der Waals surface area contributed by atoms with Crippen molar-refractivity contribution in [3.63, 3.8) is 0 Å². The zero-order valence-corrected chi connectivity index (χ0v) is 18.8. The molecule has 0 aliphatic carbocycles. The molecule has 2 amide bonds. The summed E-state index contributed by atoms with van der Waals surface area (Å²) < 4.78 is 0. The maximum atomic E-state index is 13.1. The molecule has 1 unspecified atom stereocenters. The first kappa shape index (κ1) is 23.4. The van der Waals surface area contributed by atoms with Crippen molar-refractivity contribution in [2.75, 3.05) is 10.6 Å².